The van der Waals surface area contributed by atoms with Crippen LogP contribution in [0, 0.1) is 12.8 Å². The molecule has 0 fully saturated rings. The number of sulfonamides is 1. The Hall–Kier alpha value is -2.54. The van der Waals surface area contributed by atoms with E-state index in [4.69, 9.17) is 4.74 Å². The minimum absolute atomic E-state index is 0.0360. The van der Waals surface area contributed by atoms with E-state index in [9.17, 15) is 13.2 Å². The average molecular weight is 405 g/mol. The van der Waals surface area contributed by atoms with E-state index in [0.717, 1.165) is 16.3 Å². The Balaban J connectivity index is 2.39. The van der Waals surface area contributed by atoms with Crippen molar-refractivity contribution < 1.29 is 17.9 Å². The Morgan fingerprint density at radius 3 is 2.43 bits per heavy atom. The summed E-state index contributed by atoms with van der Waals surface area (Å²) in [4.78, 5) is 12.5. The monoisotopic (exact) mass is 404 g/mol. The van der Waals surface area contributed by atoms with Crippen LogP contribution in [-0.2, 0) is 14.8 Å². The van der Waals surface area contributed by atoms with Crippen LogP contribution in [0.25, 0.3) is 0 Å². The van der Waals surface area contributed by atoms with E-state index in [-0.39, 0.29) is 23.1 Å². The van der Waals surface area contributed by atoms with E-state index in [1.54, 1.807) is 48.5 Å². The summed E-state index contributed by atoms with van der Waals surface area (Å²) in [6, 6.07) is 13.6. The summed E-state index contributed by atoms with van der Waals surface area (Å²) in [5.74, 6) is 0.345. The van der Waals surface area contributed by atoms with E-state index >= 15 is 0 Å². The number of aryl methyl sites for hydroxylation is 1. The molecule has 2 aromatic rings. The fourth-order valence-corrected chi connectivity index (χ4v) is 4.36. The number of nitrogens with one attached hydrogen (secondary N) is 1. The summed E-state index contributed by atoms with van der Waals surface area (Å²) < 4.78 is 33.3. The van der Waals surface area contributed by atoms with Crippen molar-refractivity contribution in [2.24, 2.45) is 5.92 Å². The summed E-state index contributed by atoms with van der Waals surface area (Å²) >= 11 is 0. The zero-order valence-electron chi connectivity index (χ0n) is 16.8. The molecule has 152 valence electrons. The maximum absolute atomic E-state index is 13.4. The van der Waals surface area contributed by atoms with Crippen LogP contribution < -0.4 is 14.4 Å². The van der Waals surface area contributed by atoms with Crippen molar-refractivity contribution in [3.8, 4) is 5.75 Å². The Labute approximate surface area is 167 Å². The average Bonchev–Trinajstić information content (AvgIpc) is 2.66. The minimum atomic E-state index is -4.01. The molecule has 0 aromatic heterocycles. The number of hydrogen-bond acceptors (Lipinski definition) is 4. The fourth-order valence-electron chi connectivity index (χ4n) is 2.70. The maximum atomic E-state index is 13.4. The molecule has 0 aliphatic heterocycles. The van der Waals surface area contributed by atoms with Crippen LogP contribution in [0.2, 0.25) is 0 Å². The number of amides is 1. The van der Waals surface area contributed by atoms with Gasteiger partial charge in [-0.3, -0.25) is 9.10 Å². The standard InChI is InChI=1S/C21H28N2O4S/c1-16(2)12-13-22-21(24)15-23(18-8-6-5-7-9-18)28(25,26)20-14-17(3)10-11-19(20)27-4/h5-11,14,16H,12-13,15H2,1-4H3,(H,22,24). The molecular formula is C21H28N2O4S. The molecule has 1 N–H and O–H groups in total. The largest absolute Gasteiger partial charge is 0.495 e. The summed E-state index contributed by atoms with van der Waals surface area (Å²) in [6.45, 7) is 6.15. The van der Waals surface area contributed by atoms with E-state index < -0.39 is 10.0 Å². The number of benzene rings is 2. The third-order valence-corrected chi connectivity index (χ3v) is 6.06. The Morgan fingerprint density at radius 1 is 1.14 bits per heavy atom. The molecule has 2 aromatic carbocycles. The molecule has 0 aliphatic carbocycles. The van der Waals surface area contributed by atoms with E-state index in [1.165, 1.54) is 7.11 Å². The normalized spacial score (nSPS) is 11.3. The zero-order valence-corrected chi connectivity index (χ0v) is 17.6. The van der Waals surface area contributed by atoms with Gasteiger partial charge in [0.15, 0.2) is 0 Å². The maximum Gasteiger partial charge on any atom is 0.268 e. The first-order valence-electron chi connectivity index (χ1n) is 9.25. The van der Waals surface area contributed by atoms with Crippen LogP contribution in [0.5, 0.6) is 5.75 Å². The highest BCUT2D eigenvalue weighted by molar-refractivity contribution is 7.93. The van der Waals surface area contributed by atoms with Gasteiger partial charge >= 0.3 is 0 Å². The number of nitrogens with zero attached hydrogens (tertiary/aromatic N) is 1. The van der Waals surface area contributed by atoms with Gasteiger partial charge in [-0.25, -0.2) is 8.42 Å². The number of methoxy groups -OCH3 is 1. The quantitative estimate of drug-likeness (QED) is 0.695. The third kappa shape index (κ3) is 5.48. The highest BCUT2D eigenvalue weighted by atomic mass is 32.2. The molecule has 0 bridgehead atoms. The number of carbonyl (C=O) groups is 1. The molecule has 7 heteroatoms. The summed E-state index contributed by atoms with van der Waals surface area (Å²) in [5.41, 5.74) is 1.21. The number of para-hydroxylation sites is 1. The van der Waals surface area contributed by atoms with Crippen LogP contribution in [0.1, 0.15) is 25.8 Å². The molecule has 1 amide bonds. The van der Waals surface area contributed by atoms with Gasteiger partial charge in [0.05, 0.1) is 12.8 Å². The summed E-state index contributed by atoms with van der Waals surface area (Å²) in [7, 11) is -2.58. The first-order valence-corrected chi connectivity index (χ1v) is 10.7. The molecule has 0 radical (unpaired) electrons. The first kappa shape index (κ1) is 21.8. The lowest BCUT2D eigenvalue weighted by Crippen LogP contribution is -2.41. The van der Waals surface area contributed by atoms with Crippen molar-refractivity contribution in [1.82, 2.24) is 5.32 Å². The van der Waals surface area contributed by atoms with Gasteiger partial charge in [0.25, 0.3) is 10.0 Å². The van der Waals surface area contributed by atoms with Gasteiger partial charge in [-0.15, -0.1) is 0 Å². The second kappa shape index (κ2) is 9.59. The number of hydrogen-bond donors (Lipinski definition) is 1. The second-order valence-corrected chi connectivity index (χ2v) is 8.86. The predicted molar refractivity (Wildman–Crippen MR) is 111 cm³/mol. The van der Waals surface area contributed by atoms with Crippen LogP contribution in [0.4, 0.5) is 5.69 Å². The number of ether oxygens (including phenoxy) is 1. The lowest BCUT2D eigenvalue weighted by molar-refractivity contribution is -0.119. The molecule has 28 heavy (non-hydrogen) atoms. The minimum Gasteiger partial charge on any atom is -0.495 e. The molecule has 0 saturated carbocycles. The molecule has 2 rings (SSSR count). The van der Waals surface area contributed by atoms with Gasteiger partial charge in [-0.2, -0.15) is 0 Å². The van der Waals surface area contributed by atoms with Gasteiger partial charge < -0.3 is 10.1 Å². The highest BCUT2D eigenvalue weighted by Gasteiger charge is 2.30. The summed E-state index contributed by atoms with van der Waals surface area (Å²) in [6.07, 6.45) is 0.829. The topological polar surface area (TPSA) is 75.7 Å². The highest BCUT2D eigenvalue weighted by Crippen LogP contribution is 2.30. The molecular weight excluding hydrogens is 376 g/mol. The fraction of sp³-hybridized carbons (Fsp3) is 0.381. The van der Waals surface area contributed by atoms with Crippen LogP contribution >= 0.6 is 0 Å². The molecule has 0 aliphatic rings. The van der Waals surface area contributed by atoms with Crippen LogP contribution in [-0.4, -0.2) is 34.5 Å². The Bertz CT molecular complexity index is 896. The lowest BCUT2D eigenvalue weighted by atomic mass is 10.1. The van der Waals surface area contributed by atoms with Crippen molar-refractivity contribution in [2.75, 3.05) is 24.5 Å². The van der Waals surface area contributed by atoms with Gasteiger partial charge in [-0.1, -0.05) is 38.1 Å². The molecule has 0 heterocycles. The lowest BCUT2D eigenvalue weighted by Gasteiger charge is -2.25. The van der Waals surface area contributed by atoms with Gasteiger partial charge in [0, 0.05) is 6.54 Å². The van der Waals surface area contributed by atoms with E-state index in [1.807, 2.05) is 6.92 Å². The molecule has 0 spiro atoms. The number of rotatable bonds is 9. The zero-order chi connectivity index (χ0) is 20.7. The SMILES string of the molecule is COc1ccc(C)cc1S(=O)(=O)N(CC(=O)NCCC(C)C)c1ccccc1. The number of anilines is 1. The van der Waals surface area contributed by atoms with Crippen molar-refractivity contribution >= 4 is 21.6 Å². The van der Waals surface area contributed by atoms with E-state index in [2.05, 4.69) is 19.2 Å². The smallest absolute Gasteiger partial charge is 0.268 e. The van der Waals surface area contributed by atoms with Crippen molar-refractivity contribution in [1.29, 1.82) is 0 Å². The Morgan fingerprint density at radius 2 is 1.82 bits per heavy atom. The molecule has 0 unspecified atom stereocenters. The van der Waals surface area contributed by atoms with Gasteiger partial charge in [-0.05, 0) is 49.1 Å². The predicted octanol–water partition coefficient (Wildman–Crippen LogP) is 3.36. The number of carbonyl (C=O) groups excluding carboxylic acids is 1. The van der Waals surface area contributed by atoms with Crippen molar-refractivity contribution in [3.63, 3.8) is 0 Å². The molecule has 0 atom stereocenters. The molecule has 6 nitrogen and oxygen atoms in total. The molecule has 0 saturated heterocycles. The van der Waals surface area contributed by atoms with Crippen LogP contribution in [0.15, 0.2) is 53.4 Å². The van der Waals surface area contributed by atoms with E-state index in [0.29, 0.717) is 18.2 Å². The second-order valence-electron chi connectivity index (χ2n) is 7.03. The van der Waals surface area contributed by atoms with Gasteiger partial charge in [0.1, 0.15) is 17.2 Å². The Kier molecular flexibility index (Phi) is 7.45. The first-order chi connectivity index (χ1) is 13.3. The van der Waals surface area contributed by atoms with Crippen LogP contribution in [0.3, 0.4) is 0 Å². The summed E-state index contributed by atoms with van der Waals surface area (Å²) in [5, 5.41) is 2.80. The van der Waals surface area contributed by atoms with Crippen molar-refractivity contribution in [3.05, 3.63) is 54.1 Å². The third-order valence-electron chi connectivity index (χ3n) is 4.26. The van der Waals surface area contributed by atoms with Crippen molar-refractivity contribution in [2.45, 2.75) is 32.1 Å². The van der Waals surface area contributed by atoms with Gasteiger partial charge in [0.2, 0.25) is 5.91 Å².